The largest absolute Gasteiger partial charge is 0.302 e. The number of hydrogen-bond acceptors (Lipinski definition) is 4. The van der Waals surface area contributed by atoms with E-state index in [0.717, 1.165) is 31.2 Å². The number of anilines is 1. The molecule has 26 heavy (non-hydrogen) atoms. The van der Waals surface area contributed by atoms with Gasteiger partial charge in [-0.1, -0.05) is 49.6 Å². The predicted molar refractivity (Wildman–Crippen MR) is 106 cm³/mol. The van der Waals surface area contributed by atoms with Crippen LogP contribution in [0.5, 0.6) is 0 Å². The van der Waals surface area contributed by atoms with Crippen molar-refractivity contribution in [3.8, 4) is 0 Å². The molecule has 0 unspecified atom stereocenters. The van der Waals surface area contributed by atoms with Crippen LogP contribution in [-0.4, -0.2) is 22.3 Å². The second-order valence-electron chi connectivity index (χ2n) is 7.59. The van der Waals surface area contributed by atoms with E-state index in [-0.39, 0.29) is 5.91 Å². The highest BCUT2D eigenvalue weighted by Crippen LogP contribution is 2.30. The number of amides is 1. The quantitative estimate of drug-likeness (QED) is 0.837. The van der Waals surface area contributed by atoms with Crippen LogP contribution in [0, 0.1) is 5.92 Å². The monoisotopic (exact) mass is 369 g/mol. The molecule has 138 valence electrons. The molecule has 1 aromatic carbocycles. The molecule has 1 aliphatic heterocycles. The van der Waals surface area contributed by atoms with Gasteiger partial charge in [0.1, 0.15) is 0 Å². The zero-order valence-electron chi connectivity index (χ0n) is 15.2. The van der Waals surface area contributed by atoms with Crippen LogP contribution in [0.4, 0.5) is 5.13 Å². The summed E-state index contributed by atoms with van der Waals surface area (Å²) >= 11 is 1.66. The van der Waals surface area contributed by atoms with Gasteiger partial charge in [0.25, 0.3) is 0 Å². The molecule has 1 aliphatic carbocycles. The van der Waals surface area contributed by atoms with Crippen molar-refractivity contribution in [3.63, 3.8) is 0 Å². The molecule has 1 amide bonds. The second kappa shape index (κ2) is 8.31. The lowest BCUT2D eigenvalue weighted by Gasteiger charge is -2.25. The third kappa shape index (κ3) is 4.51. The van der Waals surface area contributed by atoms with E-state index in [4.69, 9.17) is 0 Å². The summed E-state index contributed by atoms with van der Waals surface area (Å²) < 4.78 is 0. The molecule has 1 saturated carbocycles. The fraction of sp³-hybridized carbons (Fsp3) is 0.524. The minimum Gasteiger partial charge on any atom is -0.302 e. The highest BCUT2D eigenvalue weighted by Gasteiger charge is 2.22. The number of carbonyl (C=O) groups is 1. The average Bonchev–Trinajstić information content (AvgIpc) is 3.04. The Morgan fingerprint density at radius 3 is 2.81 bits per heavy atom. The maximum absolute atomic E-state index is 12.3. The molecule has 0 radical (unpaired) electrons. The molecule has 5 heteroatoms. The molecule has 0 atom stereocenters. The van der Waals surface area contributed by atoms with Crippen molar-refractivity contribution in [3.05, 3.63) is 46.5 Å². The van der Waals surface area contributed by atoms with Crippen molar-refractivity contribution in [1.29, 1.82) is 0 Å². The number of nitrogens with zero attached hydrogens (tertiary/aromatic N) is 2. The van der Waals surface area contributed by atoms with Crippen LogP contribution in [0.3, 0.4) is 0 Å². The van der Waals surface area contributed by atoms with E-state index in [1.54, 1.807) is 11.3 Å². The number of hydrogen-bond donors (Lipinski definition) is 1. The fourth-order valence-electron chi connectivity index (χ4n) is 4.10. The Hall–Kier alpha value is -1.72. The molecule has 1 fully saturated rings. The van der Waals surface area contributed by atoms with E-state index < -0.39 is 0 Å². The molecule has 0 saturated heterocycles. The molecule has 0 spiro atoms. The normalized spacial score (nSPS) is 18.5. The van der Waals surface area contributed by atoms with Gasteiger partial charge in [-0.3, -0.25) is 9.69 Å². The van der Waals surface area contributed by atoms with Gasteiger partial charge >= 0.3 is 0 Å². The lowest BCUT2D eigenvalue weighted by Crippen LogP contribution is -2.29. The van der Waals surface area contributed by atoms with Gasteiger partial charge in [-0.25, -0.2) is 4.98 Å². The smallest absolute Gasteiger partial charge is 0.226 e. The van der Waals surface area contributed by atoms with E-state index in [9.17, 15) is 4.79 Å². The topological polar surface area (TPSA) is 45.2 Å². The van der Waals surface area contributed by atoms with Gasteiger partial charge in [-0.05, 0) is 24.3 Å². The molecule has 2 aromatic rings. The van der Waals surface area contributed by atoms with E-state index in [1.165, 1.54) is 48.2 Å². The standard InChI is InChI=1S/C21H27N3OS/c25-20(13-16-7-3-1-4-8-16)23-21-22-18-11-12-24(15-19(18)26-21)14-17-9-5-2-6-10-17/h2,5-6,9-10,16H,1,3-4,7-8,11-15H2,(H,22,23,25). The zero-order valence-corrected chi connectivity index (χ0v) is 16.1. The molecule has 4 nitrogen and oxygen atoms in total. The molecule has 1 aromatic heterocycles. The molecule has 4 rings (SSSR count). The van der Waals surface area contributed by atoms with Crippen molar-refractivity contribution in [1.82, 2.24) is 9.88 Å². The van der Waals surface area contributed by atoms with Crippen LogP contribution < -0.4 is 5.32 Å². The van der Waals surface area contributed by atoms with Gasteiger partial charge in [0.2, 0.25) is 5.91 Å². The Kier molecular flexibility index (Phi) is 5.65. The summed E-state index contributed by atoms with van der Waals surface area (Å²) in [6.07, 6.45) is 7.92. The number of nitrogens with one attached hydrogen (secondary N) is 1. The zero-order chi connectivity index (χ0) is 17.8. The van der Waals surface area contributed by atoms with Crippen molar-refractivity contribution >= 4 is 22.4 Å². The lowest BCUT2D eigenvalue weighted by atomic mass is 9.87. The van der Waals surface area contributed by atoms with Crippen LogP contribution in [0.15, 0.2) is 30.3 Å². The fourth-order valence-corrected chi connectivity index (χ4v) is 5.17. The summed E-state index contributed by atoms with van der Waals surface area (Å²) in [5.41, 5.74) is 2.52. The van der Waals surface area contributed by atoms with Crippen LogP contribution in [0.2, 0.25) is 0 Å². The number of thiazole rings is 1. The van der Waals surface area contributed by atoms with Gasteiger partial charge in [0.05, 0.1) is 5.69 Å². The third-order valence-electron chi connectivity index (χ3n) is 5.50. The van der Waals surface area contributed by atoms with Gasteiger partial charge in [0.15, 0.2) is 5.13 Å². The van der Waals surface area contributed by atoms with E-state index in [1.807, 2.05) is 0 Å². The minimum absolute atomic E-state index is 0.143. The number of fused-ring (bicyclic) bond motifs is 1. The number of aromatic nitrogens is 1. The maximum atomic E-state index is 12.3. The van der Waals surface area contributed by atoms with Crippen LogP contribution in [0.25, 0.3) is 0 Å². The van der Waals surface area contributed by atoms with E-state index in [0.29, 0.717) is 12.3 Å². The Morgan fingerprint density at radius 1 is 1.19 bits per heavy atom. The molecule has 1 N–H and O–H groups in total. The predicted octanol–water partition coefficient (Wildman–Crippen LogP) is 4.61. The van der Waals surface area contributed by atoms with Crippen LogP contribution in [-0.2, 0) is 24.3 Å². The second-order valence-corrected chi connectivity index (χ2v) is 8.68. The van der Waals surface area contributed by atoms with E-state index in [2.05, 4.69) is 45.5 Å². The molecule has 0 bridgehead atoms. The van der Waals surface area contributed by atoms with Crippen LogP contribution >= 0.6 is 11.3 Å². The minimum atomic E-state index is 0.143. The van der Waals surface area contributed by atoms with Crippen molar-refractivity contribution < 1.29 is 4.79 Å². The molecular formula is C21H27N3OS. The number of benzene rings is 1. The third-order valence-corrected chi connectivity index (χ3v) is 6.50. The Balaban J connectivity index is 1.33. The summed E-state index contributed by atoms with van der Waals surface area (Å²) in [5.74, 6) is 0.712. The number of rotatable bonds is 5. The first-order chi connectivity index (χ1) is 12.8. The summed E-state index contributed by atoms with van der Waals surface area (Å²) in [4.78, 5) is 20.8. The summed E-state index contributed by atoms with van der Waals surface area (Å²) in [5, 5.41) is 3.85. The first-order valence-electron chi connectivity index (χ1n) is 9.81. The lowest BCUT2D eigenvalue weighted by molar-refractivity contribution is -0.117. The van der Waals surface area contributed by atoms with Gasteiger partial charge in [0, 0.05) is 37.4 Å². The Labute approximate surface area is 159 Å². The highest BCUT2D eigenvalue weighted by atomic mass is 32.1. The van der Waals surface area contributed by atoms with E-state index >= 15 is 0 Å². The Bertz CT molecular complexity index is 737. The molecule has 2 heterocycles. The average molecular weight is 370 g/mol. The molecular weight excluding hydrogens is 342 g/mol. The van der Waals surface area contributed by atoms with Gasteiger partial charge in [-0.15, -0.1) is 11.3 Å². The van der Waals surface area contributed by atoms with Gasteiger partial charge in [-0.2, -0.15) is 0 Å². The summed E-state index contributed by atoms with van der Waals surface area (Å²) in [6, 6.07) is 10.6. The first kappa shape index (κ1) is 17.7. The maximum Gasteiger partial charge on any atom is 0.226 e. The number of carbonyl (C=O) groups excluding carboxylic acids is 1. The molecule has 2 aliphatic rings. The van der Waals surface area contributed by atoms with Gasteiger partial charge < -0.3 is 5.32 Å². The summed E-state index contributed by atoms with van der Waals surface area (Å²) in [6.45, 7) is 2.93. The summed E-state index contributed by atoms with van der Waals surface area (Å²) in [7, 11) is 0. The SMILES string of the molecule is O=C(CC1CCCCC1)Nc1nc2c(s1)CN(Cc1ccccc1)CC2. The van der Waals surface area contributed by atoms with Crippen molar-refractivity contribution in [2.24, 2.45) is 5.92 Å². The Morgan fingerprint density at radius 2 is 2.00 bits per heavy atom. The van der Waals surface area contributed by atoms with Crippen molar-refractivity contribution in [2.75, 3.05) is 11.9 Å². The highest BCUT2D eigenvalue weighted by molar-refractivity contribution is 7.15. The van der Waals surface area contributed by atoms with Crippen molar-refractivity contribution in [2.45, 2.75) is 58.0 Å². The van der Waals surface area contributed by atoms with Crippen LogP contribution in [0.1, 0.15) is 54.7 Å². The first-order valence-corrected chi connectivity index (χ1v) is 10.6.